The Morgan fingerprint density at radius 3 is 2.73 bits per heavy atom. The highest BCUT2D eigenvalue weighted by atomic mass is 16.5. The predicted octanol–water partition coefficient (Wildman–Crippen LogP) is 3.92. The van der Waals surface area contributed by atoms with E-state index in [0.717, 1.165) is 36.3 Å². The van der Waals surface area contributed by atoms with Crippen LogP contribution in [0, 0.1) is 0 Å². The van der Waals surface area contributed by atoms with Gasteiger partial charge in [-0.05, 0) is 62.1 Å². The van der Waals surface area contributed by atoms with E-state index in [1.54, 1.807) is 7.11 Å². The van der Waals surface area contributed by atoms with Crippen molar-refractivity contribution in [1.82, 2.24) is 15.5 Å². The second-order valence-corrected chi connectivity index (χ2v) is 8.05. The van der Waals surface area contributed by atoms with E-state index in [2.05, 4.69) is 10.6 Å². The molecule has 160 valence electrons. The van der Waals surface area contributed by atoms with Crippen molar-refractivity contribution in [2.24, 2.45) is 0 Å². The van der Waals surface area contributed by atoms with Gasteiger partial charge in [-0.1, -0.05) is 24.3 Å². The zero-order valence-corrected chi connectivity index (χ0v) is 18.0. The van der Waals surface area contributed by atoms with Crippen LogP contribution < -0.4 is 15.4 Å². The number of benzene rings is 2. The monoisotopic (exact) mass is 409 g/mol. The maximum Gasteiger partial charge on any atom is 0.317 e. The number of carbonyl (C=O) groups excluding carboxylic acids is 2. The van der Waals surface area contributed by atoms with Crippen LogP contribution in [0.3, 0.4) is 0 Å². The SMILES string of the molecule is COc1cccc(CNC(=O)c2cccc(C3CCCN(C(=O)NC(C)C)C3)c2)c1. The number of nitrogens with zero attached hydrogens (tertiary/aromatic N) is 1. The van der Waals surface area contributed by atoms with Crippen molar-refractivity contribution in [3.8, 4) is 5.75 Å². The smallest absolute Gasteiger partial charge is 0.317 e. The third kappa shape index (κ3) is 5.75. The third-order valence-electron chi connectivity index (χ3n) is 5.33. The summed E-state index contributed by atoms with van der Waals surface area (Å²) in [6, 6.07) is 15.5. The van der Waals surface area contributed by atoms with E-state index in [1.807, 2.05) is 67.3 Å². The first kappa shape index (κ1) is 21.7. The van der Waals surface area contributed by atoms with E-state index < -0.39 is 0 Å². The third-order valence-corrected chi connectivity index (χ3v) is 5.33. The first-order valence-corrected chi connectivity index (χ1v) is 10.5. The lowest BCUT2D eigenvalue weighted by Gasteiger charge is -2.33. The first-order chi connectivity index (χ1) is 14.5. The highest BCUT2D eigenvalue weighted by molar-refractivity contribution is 5.94. The molecule has 30 heavy (non-hydrogen) atoms. The molecule has 3 rings (SSSR count). The van der Waals surface area contributed by atoms with Gasteiger partial charge >= 0.3 is 6.03 Å². The summed E-state index contributed by atoms with van der Waals surface area (Å²) >= 11 is 0. The fourth-order valence-corrected chi connectivity index (χ4v) is 3.77. The van der Waals surface area contributed by atoms with Crippen molar-refractivity contribution in [2.75, 3.05) is 20.2 Å². The molecule has 2 aromatic rings. The van der Waals surface area contributed by atoms with E-state index in [1.165, 1.54) is 0 Å². The Bertz CT molecular complexity index is 882. The molecule has 0 spiro atoms. The molecule has 1 unspecified atom stereocenters. The largest absolute Gasteiger partial charge is 0.497 e. The van der Waals surface area contributed by atoms with Gasteiger partial charge in [0.25, 0.3) is 5.91 Å². The Morgan fingerprint density at radius 1 is 1.17 bits per heavy atom. The molecule has 0 radical (unpaired) electrons. The number of methoxy groups -OCH3 is 1. The minimum absolute atomic E-state index is 0.0121. The van der Waals surface area contributed by atoms with Crippen LogP contribution in [0.2, 0.25) is 0 Å². The number of amides is 3. The molecular formula is C24H31N3O3. The molecule has 0 bridgehead atoms. The lowest BCUT2D eigenvalue weighted by atomic mass is 9.89. The molecule has 1 fully saturated rings. The van der Waals surface area contributed by atoms with Crippen molar-refractivity contribution in [1.29, 1.82) is 0 Å². The van der Waals surface area contributed by atoms with Gasteiger partial charge in [-0.25, -0.2) is 4.79 Å². The number of piperidine rings is 1. The summed E-state index contributed by atoms with van der Waals surface area (Å²) in [5.74, 6) is 0.903. The average Bonchev–Trinajstić information content (AvgIpc) is 2.77. The van der Waals surface area contributed by atoms with Crippen LogP contribution in [0.5, 0.6) is 5.75 Å². The zero-order valence-electron chi connectivity index (χ0n) is 18.0. The van der Waals surface area contributed by atoms with Crippen LogP contribution in [0.25, 0.3) is 0 Å². The van der Waals surface area contributed by atoms with E-state index in [9.17, 15) is 9.59 Å². The van der Waals surface area contributed by atoms with Gasteiger partial charge in [-0.15, -0.1) is 0 Å². The molecule has 2 N–H and O–H groups in total. The number of carbonyl (C=O) groups is 2. The van der Waals surface area contributed by atoms with Crippen molar-refractivity contribution >= 4 is 11.9 Å². The van der Waals surface area contributed by atoms with Crippen LogP contribution in [0.1, 0.15) is 54.1 Å². The minimum Gasteiger partial charge on any atom is -0.497 e. The van der Waals surface area contributed by atoms with E-state index in [-0.39, 0.29) is 23.9 Å². The number of rotatable bonds is 6. The van der Waals surface area contributed by atoms with E-state index in [0.29, 0.717) is 18.7 Å². The van der Waals surface area contributed by atoms with Crippen LogP contribution in [0.4, 0.5) is 4.79 Å². The number of nitrogens with one attached hydrogen (secondary N) is 2. The second kappa shape index (κ2) is 10.1. The molecule has 0 aromatic heterocycles. The number of hydrogen-bond donors (Lipinski definition) is 2. The Morgan fingerprint density at radius 2 is 1.97 bits per heavy atom. The molecule has 1 aliphatic heterocycles. The Labute approximate surface area is 178 Å². The summed E-state index contributed by atoms with van der Waals surface area (Å²) in [4.78, 5) is 26.9. The van der Waals surface area contributed by atoms with E-state index >= 15 is 0 Å². The van der Waals surface area contributed by atoms with E-state index in [4.69, 9.17) is 4.74 Å². The number of ether oxygens (including phenoxy) is 1. The first-order valence-electron chi connectivity index (χ1n) is 10.5. The van der Waals surface area contributed by atoms with Crippen LogP contribution >= 0.6 is 0 Å². The molecule has 6 nitrogen and oxygen atoms in total. The molecule has 1 heterocycles. The Balaban J connectivity index is 1.63. The second-order valence-electron chi connectivity index (χ2n) is 8.05. The van der Waals surface area contributed by atoms with Gasteiger partial charge in [-0.3, -0.25) is 4.79 Å². The lowest BCUT2D eigenvalue weighted by Crippen LogP contribution is -2.47. The summed E-state index contributed by atoms with van der Waals surface area (Å²) in [5.41, 5.74) is 2.73. The minimum atomic E-state index is -0.107. The average molecular weight is 410 g/mol. The number of likely N-dealkylation sites (tertiary alicyclic amines) is 1. The maximum atomic E-state index is 12.7. The quantitative estimate of drug-likeness (QED) is 0.760. The van der Waals surface area contributed by atoms with Crippen molar-refractivity contribution in [3.63, 3.8) is 0 Å². The van der Waals surface area contributed by atoms with Gasteiger partial charge in [0.1, 0.15) is 5.75 Å². The van der Waals surface area contributed by atoms with Gasteiger partial charge in [0.05, 0.1) is 7.11 Å². The summed E-state index contributed by atoms with van der Waals surface area (Å²) in [6.45, 7) is 5.82. The lowest BCUT2D eigenvalue weighted by molar-refractivity contribution is 0.0950. The number of hydrogen-bond acceptors (Lipinski definition) is 3. The topological polar surface area (TPSA) is 70.7 Å². The number of urea groups is 1. The molecule has 0 aliphatic carbocycles. The molecule has 1 atom stereocenters. The summed E-state index contributed by atoms with van der Waals surface area (Å²) in [6.07, 6.45) is 1.97. The van der Waals surface area contributed by atoms with Crippen molar-refractivity contribution in [3.05, 3.63) is 65.2 Å². The molecule has 3 amide bonds. The fourth-order valence-electron chi connectivity index (χ4n) is 3.77. The zero-order chi connectivity index (χ0) is 21.5. The Kier molecular flexibility index (Phi) is 7.33. The maximum absolute atomic E-state index is 12.7. The molecule has 1 saturated heterocycles. The van der Waals surface area contributed by atoms with Crippen molar-refractivity contribution < 1.29 is 14.3 Å². The van der Waals surface area contributed by atoms with Gasteiger partial charge in [0.2, 0.25) is 0 Å². The van der Waals surface area contributed by atoms with Crippen LogP contribution in [-0.2, 0) is 6.54 Å². The summed E-state index contributed by atoms with van der Waals surface area (Å²) < 4.78 is 5.23. The molecule has 1 aliphatic rings. The van der Waals surface area contributed by atoms with Crippen LogP contribution in [0.15, 0.2) is 48.5 Å². The highest BCUT2D eigenvalue weighted by Crippen LogP contribution is 2.27. The van der Waals surface area contributed by atoms with Crippen LogP contribution in [-0.4, -0.2) is 43.1 Å². The van der Waals surface area contributed by atoms with Crippen molar-refractivity contribution in [2.45, 2.75) is 45.2 Å². The fraction of sp³-hybridized carbons (Fsp3) is 0.417. The standard InChI is InChI=1S/C24H31N3O3/c1-17(2)26-24(29)27-12-6-10-21(16-27)19-8-5-9-20(14-19)23(28)25-15-18-7-4-11-22(13-18)30-3/h4-5,7-9,11,13-14,17,21H,6,10,12,15-16H2,1-3H3,(H,25,28)(H,26,29). The summed E-state index contributed by atoms with van der Waals surface area (Å²) in [7, 11) is 1.63. The van der Waals surface area contributed by atoms with Gasteiger partial charge in [0, 0.05) is 37.2 Å². The molecular weight excluding hydrogens is 378 g/mol. The Hall–Kier alpha value is -3.02. The summed E-state index contributed by atoms with van der Waals surface area (Å²) in [5, 5.41) is 5.94. The molecule has 0 saturated carbocycles. The van der Waals surface area contributed by atoms with Gasteiger partial charge in [-0.2, -0.15) is 0 Å². The van der Waals surface area contributed by atoms with Gasteiger partial charge < -0.3 is 20.3 Å². The predicted molar refractivity (Wildman–Crippen MR) is 118 cm³/mol. The molecule has 2 aromatic carbocycles. The molecule has 6 heteroatoms. The highest BCUT2D eigenvalue weighted by Gasteiger charge is 2.25. The normalized spacial score (nSPS) is 16.3. The van der Waals surface area contributed by atoms with Gasteiger partial charge in [0.15, 0.2) is 0 Å².